The van der Waals surface area contributed by atoms with E-state index in [1.54, 1.807) is 78.9 Å². The zero-order valence-electron chi connectivity index (χ0n) is 63.6. The molecule has 0 radical (unpaired) electrons. The molecule has 0 N–H and O–H groups in total. The van der Waals surface area contributed by atoms with Gasteiger partial charge in [-0.05, 0) is 63.0 Å². The van der Waals surface area contributed by atoms with Crippen LogP contribution in [0.15, 0.2) is 252 Å². The van der Waals surface area contributed by atoms with Crippen LogP contribution in [0.1, 0.15) is 38.4 Å². The van der Waals surface area contributed by atoms with Crippen LogP contribution in [0.25, 0.3) is 100.0 Å². The van der Waals surface area contributed by atoms with Crippen LogP contribution >= 0.6 is 0 Å². The van der Waals surface area contributed by atoms with E-state index in [2.05, 4.69) is 0 Å². The summed E-state index contributed by atoms with van der Waals surface area (Å²) in [7, 11) is -4.69. The highest BCUT2D eigenvalue weighted by Crippen LogP contribution is 2.37. The van der Waals surface area contributed by atoms with Crippen LogP contribution in [-0.4, -0.2) is 32.2 Å². The molecular weight excluding hydrogens is 871 g/mol. The minimum atomic E-state index is -4.69. The van der Waals surface area contributed by atoms with Crippen LogP contribution < -0.4 is 20.7 Å². The molecule has 0 saturated carbocycles. The standard InChI is InChI=1S/C63H41N5OSi/c1-3-22-43(23-4-1)70(44-24-5-2-6-25-44,59-40-20-33-51-50-31-12-18-39-58(50)69-60(51)59)45-26-19-21-42(41-45)61-64-62(66-63(65-61)68-55-36-15-9-29-48(55)49-30-10-16-37-56(49)68)52-32-11-17-38-57(52)67-53-34-13-7-27-46(53)47-28-8-14-35-54(47)67/h1-41H/i7D,8D,9D,10D,11D,12D,13D,14D,15D,16D,17D,18D,19D,21D,26D,27D,28D,29D,30D,31D,32D,34D,35D,36D,37D,38D,39D,41D. The fraction of sp³-hybridized carbons (Fsp3) is 0. The fourth-order valence-electron chi connectivity index (χ4n) is 9.32. The van der Waals surface area contributed by atoms with Gasteiger partial charge in [0.15, 0.2) is 19.7 Å². The molecule has 0 unspecified atom stereocenters. The zero-order chi connectivity index (χ0) is 70.5. The Labute approximate surface area is 443 Å². The SMILES string of the molecule is [2H]c1c([2H])c([2H])c(-n2c3c([2H])c([2H])c([2H])c([2H])c3c3c([2H])c([2H])c([2H])c([2H])c32)c(-c2nc(-c3c([2H])c([2H])c([2H])c([Si](c4ccccc4)(c4ccccc4)c4cccc5c4oc4c([2H])c([2H])c([2H])c([2H])c45)c3[2H])nc(-n3c4c([2H])c([2H])c([2H])c([2H])c4c4c([2H])c([2H])c([2H])c([2H])c43)n2)c1[2H]. The molecule has 0 amide bonds. The van der Waals surface area contributed by atoms with Gasteiger partial charge in [0.05, 0.1) is 66.1 Å². The summed E-state index contributed by atoms with van der Waals surface area (Å²) in [6, 6.07) is -2.14. The summed E-state index contributed by atoms with van der Waals surface area (Å²) >= 11 is 0. The predicted octanol–water partition coefficient (Wildman–Crippen LogP) is 12.7. The van der Waals surface area contributed by atoms with Crippen molar-refractivity contribution in [2.75, 3.05) is 0 Å². The molecule has 0 aliphatic carbocycles. The van der Waals surface area contributed by atoms with Gasteiger partial charge in [-0.2, -0.15) is 9.97 Å². The molecule has 7 heteroatoms. The Morgan fingerprint density at radius 3 is 1.56 bits per heavy atom. The molecule has 14 rings (SSSR count). The Morgan fingerprint density at radius 2 is 0.929 bits per heavy atom. The second kappa shape index (κ2) is 16.0. The third-order valence-electron chi connectivity index (χ3n) is 12.2. The van der Waals surface area contributed by atoms with Gasteiger partial charge in [0, 0.05) is 43.4 Å². The Hall–Kier alpha value is -9.17. The van der Waals surface area contributed by atoms with E-state index in [1.807, 2.05) is 0 Å². The molecule has 6 nitrogen and oxygen atoms in total. The largest absolute Gasteiger partial charge is 0.456 e. The average molecular weight is 940 g/mol. The minimum Gasteiger partial charge on any atom is -0.456 e. The topological polar surface area (TPSA) is 61.7 Å². The first kappa shape index (κ1) is 21.0. The Bertz CT molecular complexity index is 5810. The molecule has 0 spiro atoms. The van der Waals surface area contributed by atoms with Gasteiger partial charge in [-0.3, -0.25) is 4.57 Å². The molecule has 328 valence electrons. The van der Waals surface area contributed by atoms with E-state index in [0.29, 0.717) is 10.4 Å². The Morgan fingerprint density at radius 1 is 0.400 bits per heavy atom. The lowest BCUT2D eigenvalue weighted by Gasteiger charge is -2.34. The molecule has 70 heavy (non-hydrogen) atoms. The molecular formula is C63H41N5OSi. The van der Waals surface area contributed by atoms with Gasteiger partial charge in [0.1, 0.15) is 11.2 Å². The molecule has 0 aliphatic rings. The number of fused-ring (bicyclic) bond motifs is 9. The third-order valence-corrected chi connectivity index (χ3v) is 16.8. The van der Waals surface area contributed by atoms with Crippen LogP contribution in [0.2, 0.25) is 0 Å². The van der Waals surface area contributed by atoms with Gasteiger partial charge in [0.2, 0.25) is 5.95 Å². The van der Waals surface area contributed by atoms with E-state index in [9.17, 15) is 21.9 Å². The van der Waals surface area contributed by atoms with Crippen LogP contribution in [0.4, 0.5) is 0 Å². The maximum absolute atomic E-state index is 10.8. The van der Waals surface area contributed by atoms with Gasteiger partial charge in [0.25, 0.3) is 0 Å². The molecule has 0 bridgehead atoms. The van der Waals surface area contributed by atoms with Crippen LogP contribution in [0, 0.1) is 0 Å². The first-order valence-electron chi connectivity index (χ1n) is 35.4. The first-order chi connectivity index (χ1) is 46.4. The van der Waals surface area contributed by atoms with Crippen molar-refractivity contribution in [3.63, 3.8) is 0 Å². The number of furan rings is 1. The number of nitrogens with zero attached hydrogens (tertiary/aromatic N) is 5. The zero-order valence-corrected chi connectivity index (χ0v) is 36.6. The van der Waals surface area contributed by atoms with Gasteiger partial charge >= 0.3 is 0 Å². The van der Waals surface area contributed by atoms with Crippen molar-refractivity contribution in [2.24, 2.45) is 0 Å². The van der Waals surface area contributed by atoms with E-state index in [4.69, 9.17) is 35.8 Å². The lowest BCUT2D eigenvalue weighted by Crippen LogP contribution is -2.74. The fourth-order valence-corrected chi connectivity index (χ4v) is 13.9. The molecule has 0 aliphatic heterocycles. The lowest BCUT2D eigenvalue weighted by atomic mass is 10.1. The smallest absolute Gasteiger partial charge is 0.238 e. The van der Waals surface area contributed by atoms with Gasteiger partial charge in [-0.1, -0.05) is 206 Å². The van der Waals surface area contributed by atoms with E-state index < -0.39 is 255 Å². The average Bonchev–Trinajstić information content (AvgIpc) is 1.41. The summed E-state index contributed by atoms with van der Waals surface area (Å²) < 4.78 is 268. The van der Waals surface area contributed by atoms with E-state index >= 15 is 0 Å². The quantitative estimate of drug-likeness (QED) is 0.112. The van der Waals surface area contributed by atoms with E-state index in [1.165, 1.54) is 0 Å². The maximum Gasteiger partial charge on any atom is 0.238 e. The number of aromatic nitrogens is 5. The monoisotopic (exact) mass is 939 g/mol. The van der Waals surface area contributed by atoms with E-state index in [0.717, 1.165) is 9.13 Å². The van der Waals surface area contributed by atoms with Crippen molar-refractivity contribution in [1.29, 1.82) is 0 Å². The molecule has 10 aromatic carbocycles. The van der Waals surface area contributed by atoms with Gasteiger partial charge < -0.3 is 8.98 Å². The summed E-state index contributed by atoms with van der Waals surface area (Å²) in [5, 5.41) is -1.22. The van der Waals surface area contributed by atoms with Crippen molar-refractivity contribution in [1.82, 2.24) is 24.1 Å². The molecule has 0 atom stereocenters. The summed E-state index contributed by atoms with van der Waals surface area (Å²) in [6.07, 6.45) is 0. The molecule has 0 fully saturated rings. The molecule has 14 aromatic rings. The summed E-state index contributed by atoms with van der Waals surface area (Å²) in [5.41, 5.74) is -5.29. The summed E-state index contributed by atoms with van der Waals surface area (Å²) in [6.45, 7) is 0. The van der Waals surface area contributed by atoms with Crippen LogP contribution in [0.5, 0.6) is 0 Å². The normalized spacial score (nSPS) is 17.6. The lowest BCUT2D eigenvalue weighted by molar-refractivity contribution is 0.671. The highest BCUT2D eigenvalue weighted by atomic mass is 28.3. The van der Waals surface area contributed by atoms with Crippen molar-refractivity contribution in [3.05, 3.63) is 248 Å². The third kappa shape index (κ3) is 6.02. The molecule has 0 saturated heterocycles. The number of para-hydroxylation sites is 7. The number of rotatable bonds is 8. The van der Waals surface area contributed by atoms with E-state index in [-0.39, 0.29) is 32.3 Å². The maximum atomic E-state index is 10.8. The predicted molar refractivity (Wildman–Crippen MR) is 290 cm³/mol. The second-order valence-corrected chi connectivity index (χ2v) is 19.5. The number of hydrogen-bond donors (Lipinski definition) is 0. The number of benzene rings is 10. The van der Waals surface area contributed by atoms with Crippen LogP contribution in [0.3, 0.4) is 0 Å². The van der Waals surface area contributed by atoms with Crippen molar-refractivity contribution >= 4 is 94.4 Å². The second-order valence-electron chi connectivity index (χ2n) is 15.8. The molecule has 4 aromatic heterocycles. The Kier molecular flexibility index (Phi) is 4.79. The van der Waals surface area contributed by atoms with Crippen molar-refractivity contribution in [2.45, 2.75) is 0 Å². The highest BCUT2D eigenvalue weighted by molar-refractivity contribution is 7.20. The van der Waals surface area contributed by atoms with Crippen molar-refractivity contribution < 1.29 is 42.8 Å². The van der Waals surface area contributed by atoms with Gasteiger partial charge in [-0.25, -0.2) is 4.98 Å². The first-order valence-corrected chi connectivity index (χ1v) is 23.4. The minimum absolute atomic E-state index is 0.0117. The number of hydrogen-bond acceptors (Lipinski definition) is 4. The summed E-state index contributed by atoms with van der Waals surface area (Å²) in [5.74, 6) is -2.79. The van der Waals surface area contributed by atoms with Crippen LogP contribution in [-0.2, 0) is 0 Å². The van der Waals surface area contributed by atoms with Gasteiger partial charge in [-0.15, -0.1) is 0 Å². The molecule has 4 heterocycles. The van der Waals surface area contributed by atoms with Crippen molar-refractivity contribution in [3.8, 4) is 34.4 Å². The highest BCUT2D eigenvalue weighted by Gasteiger charge is 2.44. The Balaban J connectivity index is 1.22. The summed E-state index contributed by atoms with van der Waals surface area (Å²) in [4.78, 5) is 14.4.